The highest BCUT2D eigenvalue weighted by Crippen LogP contribution is 2.26. The number of methoxy groups -OCH3 is 1. The van der Waals surface area contributed by atoms with Crippen LogP contribution in [0.5, 0.6) is 0 Å². The minimum absolute atomic E-state index is 0.0513. The zero-order chi connectivity index (χ0) is 19.3. The van der Waals surface area contributed by atoms with Gasteiger partial charge in [0.15, 0.2) is 0 Å². The van der Waals surface area contributed by atoms with Gasteiger partial charge in [-0.1, -0.05) is 0 Å². The normalized spacial score (nSPS) is 19.8. The summed E-state index contributed by atoms with van der Waals surface area (Å²) in [6, 6.07) is 6.07. The first-order valence-corrected chi connectivity index (χ1v) is 9.77. The number of ether oxygens (including phenoxy) is 2. The van der Waals surface area contributed by atoms with Gasteiger partial charge >= 0.3 is 0 Å². The average Bonchev–Trinajstić information content (AvgIpc) is 3.40. The molecule has 0 spiro atoms. The van der Waals surface area contributed by atoms with Crippen molar-refractivity contribution in [1.82, 2.24) is 20.3 Å². The fourth-order valence-corrected chi connectivity index (χ4v) is 3.85. The second-order valence-electron chi connectivity index (χ2n) is 7.21. The van der Waals surface area contributed by atoms with E-state index in [0.717, 1.165) is 48.0 Å². The van der Waals surface area contributed by atoms with Crippen molar-refractivity contribution in [3.8, 4) is 11.4 Å². The molecule has 1 fully saturated rings. The summed E-state index contributed by atoms with van der Waals surface area (Å²) >= 11 is 0. The maximum absolute atomic E-state index is 13.0. The van der Waals surface area contributed by atoms with Gasteiger partial charge < -0.3 is 24.8 Å². The maximum atomic E-state index is 13.0. The van der Waals surface area contributed by atoms with Gasteiger partial charge in [0.05, 0.1) is 30.4 Å². The van der Waals surface area contributed by atoms with Gasteiger partial charge in [-0.2, -0.15) is 0 Å². The summed E-state index contributed by atoms with van der Waals surface area (Å²) in [4.78, 5) is 23.6. The monoisotopic (exact) mass is 382 g/mol. The smallest absolute Gasteiger partial charge is 0.253 e. The van der Waals surface area contributed by atoms with E-state index < -0.39 is 0 Å². The van der Waals surface area contributed by atoms with Crippen molar-refractivity contribution in [2.24, 2.45) is 0 Å². The van der Waals surface area contributed by atoms with Crippen molar-refractivity contribution in [2.75, 3.05) is 20.3 Å². The summed E-state index contributed by atoms with van der Waals surface area (Å²) < 4.78 is 10.8. The number of hydrogen-bond donors (Lipinski definition) is 3. The summed E-state index contributed by atoms with van der Waals surface area (Å²) in [6.07, 6.45) is 9.38. The third-order valence-electron chi connectivity index (χ3n) is 5.33. The Morgan fingerprint density at radius 1 is 1.18 bits per heavy atom. The number of nitrogens with one attached hydrogen (secondary N) is 3. The predicted molar refractivity (Wildman–Crippen MR) is 107 cm³/mol. The standard InChI is InChI=1S/C21H26N4O3/c1-27-10-11-28-17-4-2-16(3-5-17)25-21(26)18-13-15(20-23-8-9-24-20)12-14-6-7-22-19(14)18/h6-9,12-13,16-17,22H,2-5,10-11H2,1H3,(H,23,24)(H,25,26). The molecule has 148 valence electrons. The zero-order valence-electron chi connectivity index (χ0n) is 16.0. The van der Waals surface area contributed by atoms with Crippen LogP contribution in [0.25, 0.3) is 22.3 Å². The summed E-state index contributed by atoms with van der Waals surface area (Å²) in [5, 5.41) is 4.20. The van der Waals surface area contributed by atoms with Crippen LogP contribution in [-0.4, -0.2) is 53.3 Å². The fraction of sp³-hybridized carbons (Fsp3) is 0.429. The molecule has 0 unspecified atom stereocenters. The molecule has 28 heavy (non-hydrogen) atoms. The molecule has 0 saturated heterocycles. The molecule has 1 amide bonds. The largest absolute Gasteiger partial charge is 0.382 e. The van der Waals surface area contributed by atoms with Gasteiger partial charge in [0, 0.05) is 42.7 Å². The first-order chi connectivity index (χ1) is 13.7. The third-order valence-corrected chi connectivity index (χ3v) is 5.33. The van der Waals surface area contributed by atoms with Crippen LogP contribution in [0.4, 0.5) is 0 Å². The van der Waals surface area contributed by atoms with Crippen LogP contribution in [0, 0.1) is 0 Å². The molecule has 7 nitrogen and oxygen atoms in total. The molecule has 2 heterocycles. The lowest BCUT2D eigenvalue weighted by molar-refractivity contribution is -0.00408. The number of imidazole rings is 1. The van der Waals surface area contributed by atoms with E-state index in [0.29, 0.717) is 18.8 Å². The van der Waals surface area contributed by atoms with Crippen molar-refractivity contribution >= 4 is 16.8 Å². The molecule has 0 radical (unpaired) electrons. The predicted octanol–water partition coefficient (Wildman–Crippen LogP) is 3.26. The van der Waals surface area contributed by atoms with E-state index in [1.807, 2.05) is 24.4 Å². The molecule has 1 aliphatic carbocycles. The lowest BCUT2D eigenvalue weighted by atomic mass is 9.92. The minimum atomic E-state index is -0.0513. The number of benzene rings is 1. The Kier molecular flexibility index (Phi) is 5.73. The summed E-state index contributed by atoms with van der Waals surface area (Å²) in [5.41, 5.74) is 2.40. The molecule has 3 aromatic rings. The Labute approximate surface area is 163 Å². The highest BCUT2D eigenvalue weighted by Gasteiger charge is 2.24. The Hall–Kier alpha value is -2.64. The number of carbonyl (C=O) groups is 1. The molecule has 3 N–H and O–H groups in total. The number of fused-ring (bicyclic) bond motifs is 1. The van der Waals surface area contributed by atoms with E-state index in [1.54, 1.807) is 19.5 Å². The number of amides is 1. The SMILES string of the molecule is COCCOC1CCC(NC(=O)c2cc(-c3ncc[nH]3)cc3cc[nH]c23)CC1. The average molecular weight is 382 g/mol. The van der Waals surface area contributed by atoms with Crippen LogP contribution in [0.1, 0.15) is 36.0 Å². The van der Waals surface area contributed by atoms with Crippen molar-refractivity contribution < 1.29 is 14.3 Å². The second-order valence-corrected chi connectivity index (χ2v) is 7.21. The highest BCUT2D eigenvalue weighted by atomic mass is 16.5. The van der Waals surface area contributed by atoms with E-state index in [9.17, 15) is 4.79 Å². The van der Waals surface area contributed by atoms with Gasteiger partial charge in [0.1, 0.15) is 5.82 Å². The fourth-order valence-electron chi connectivity index (χ4n) is 3.85. The molecule has 4 rings (SSSR count). The topological polar surface area (TPSA) is 92.0 Å². The second kappa shape index (κ2) is 8.58. The summed E-state index contributed by atoms with van der Waals surface area (Å²) in [6.45, 7) is 1.25. The molecule has 1 saturated carbocycles. The molecule has 1 aromatic carbocycles. The first kappa shape index (κ1) is 18.7. The summed E-state index contributed by atoms with van der Waals surface area (Å²) in [7, 11) is 1.68. The Bertz CT molecular complexity index is 911. The maximum Gasteiger partial charge on any atom is 0.253 e. The molecule has 0 aliphatic heterocycles. The molecule has 0 bridgehead atoms. The van der Waals surface area contributed by atoms with Gasteiger partial charge in [0.2, 0.25) is 0 Å². The lowest BCUT2D eigenvalue weighted by Gasteiger charge is -2.29. The van der Waals surface area contributed by atoms with Gasteiger partial charge in [-0.3, -0.25) is 4.79 Å². The van der Waals surface area contributed by atoms with E-state index >= 15 is 0 Å². The van der Waals surface area contributed by atoms with Crippen LogP contribution < -0.4 is 5.32 Å². The van der Waals surface area contributed by atoms with Gasteiger partial charge in [-0.05, 0) is 43.9 Å². The third kappa shape index (κ3) is 4.10. The van der Waals surface area contributed by atoms with Gasteiger partial charge in [-0.15, -0.1) is 0 Å². The number of rotatable bonds is 7. The lowest BCUT2D eigenvalue weighted by Crippen LogP contribution is -2.39. The number of aromatic amines is 2. The van der Waals surface area contributed by atoms with Crippen LogP contribution in [-0.2, 0) is 9.47 Å². The quantitative estimate of drug-likeness (QED) is 0.547. The molecular formula is C21H26N4O3. The van der Waals surface area contributed by atoms with Gasteiger partial charge in [0.25, 0.3) is 5.91 Å². The van der Waals surface area contributed by atoms with Crippen LogP contribution in [0.3, 0.4) is 0 Å². The van der Waals surface area contributed by atoms with E-state index in [-0.39, 0.29) is 18.1 Å². The Balaban J connectivity index is 1.44. The van der Waals surface area contributed by atoms with Crippen LogP contribution in [0.15, 0.2) is 36.8 Å². The Morgan fingerprint density at radius 2 is 2.04 bits per heavy atom. The zero-order valence-corrected chi connectivity index (χ0v) is 16.0. The molecule has 2 aromatic heterocycles. The highest BCUT2D eigenvalue weighted by molar-refractivity contribution is 6.07. The number of carbonyl (C=O) groups excluding carboxylic acids is 1. The van der Waals surface area contributed by atoms with E-state index in [4.69, 9.17) is 9.47 Å². The molecule has 0 atom stereocenters. The Morgan fingerprint density at radius 3 is 2.79 bits per heavy atom. The van der Waals surface area contributed by atoms with Crippen LogP contribution in [0.2, 0.25) is 0 Å². The number of aromatic nitrogens is 3. The minimum Gasteiger partial charge on any atom is -0.382 e. The van der Waals surface area contributed by atoms with Crippen molar-refractivity contribution in [3.05, 3.63) is 42.4 Å². The molecular weight excluding hydrogens is 356 g/mol. The van der Waals surface area contributed by atoms with Crippen molar-refractivity contribution in [2.45, 2.75) is 37.8 Å². The van der Waals surface area contributed by atoms with Gasteiger partial charge in [-0.25, -0.2) is 4.98 Å². The van der Waals surface area contributed by atoms with Crippen molar-refractivity contribution in [3.63, 3.8) is 0 Å². The van der Waals surface area contributed by atoms with E-state index in [1.165, 1.54) is 0 Å². The number of nitrogens with zero attached hydrogens (tertiary/aromatic N) is 1. The number of H-pyrrole nitrogens is 2. The summed E-state index contributed by atoms with van der Waals surface area (Å²) in [5.74, 6) is 0.704. The number of hydrogen-bond acceptors (Lipinski definition) is 4. The molecule has 1 aliphatic rings. The van der Waals surface area contributed by atoms with Crippen molar-refractivity contribution in [1.29, 1.82) is 0 Å². The van der Waals surface area contributed by atoms with E-state index in [2.05, 4.69) is 20.3 Å². The first-order valence-electron chi connectivity index (χ1n) is 9.77. The molecule has 7 heteroatoms. The van der Waals surface area contributed by atoms with Crippen LogP contribution >= 0.6 is 0 Å².